The number of rotatable bonds is 5. The summed E-state index contributed by atoms with van der Waals surface area (Å²) >= 11 is 3.25. The van der Waals surface area contributed by atoms with Gasteiger partial charge in [0.05, 0.1) is 6.61 Å². The Morgan fingerprint density at radius 3 is 2.33 bits per heavy atom. The fraction of sp³-hybridized carbons (Fsp3) is 0.364. The SMILES string of the molecule is CCS(=O)(=O)C(CO)/C(=N/O)c1ccc(Br)cc1. The van der Waals surface area contributed by atoms with Crippen LogP contribution < -0.4 is 0 Å². The lowest BCUT2D eigenvalue weighted by Gasteiger charge is -2.15. The van der Waals surface area contributed by atoms with E-state index >= 15 is 0 Å². The summed E-state index contributed by atoms with van der Waals surface area (Å²) in [6, 6.07) is 6.64. The monoisotopic (exact) mass is 335 g/mol. The first-order chi connectivity index (χ1) is 8.46. The Morgan fingerprint density at radius 1 is 1.39 bits per heavy atom. The molecule has 1 aromatic rings. The zero-order valence-electron chi connectivity index (χ0n) is 9.75. The van der Waals surface area contributed by atoms with Gasteiger partial charge in [-0.25, -0.2) is 8.42 Å². The summed E-state index contributed by atoms with van der Waals surface area (Å²) in [5.41, 5.74) is 0.406. The molecule has 1 rings (SSSR count). The summed E-state index contributed by atoms with van der Waals surface area (Å²) in [4.78, 5) is 0. The molecule has 0 aliphatic rings. The third kappa shape index (κ3) is 3.30. The minimum absolute atomic E-state index is 0.0492. The maximum atomic E-state index is 11.8. The molecule has 7 heteroatoms. The van der Waals surface area contributed by atoms with Crippen molar-refractivity contribution in [3.63, 3.8) is 0 Å². The van der Waals surface area contributed by atoms with Crippen LogP contribution in [0.3, 0.4) is 0 Å². The van der Waals surface area contributed by atoms with Crippen LogP contribution in [0.1, 0.15) is 12.5 Å². The van der Waals surface area contributed by atoms with Gasteiger partial charge in [0.1, 0.15) is 11.0 Å². The van der Waals surface area contributed by atoms with Crippen LogP contribution in [0.4, 0.5) is 0 Å². The highest BCUT2D eigenvalue weighted by Crippen LogP contribution is 2.16. The molecule has 18 heavy (non-hydrogen) atoms. The smallest absolute Gasteiger partial charge is 0.161 e. The molecule has 0 aliphatic heterocycles. The first-order valence-electron chi connectivity index (χ1n) is 5.26. The number of sulfone groups is 1. The average molecular weight is 336 g/mol. The summed E-state index contributed by atoms with van der Waals surface area (Å²) in [6.45, 7) is 0.861. The van der Waals surface area contributed by atoms with Gasteiger partial charge >= 0.3 is 0 Å². The second-order valence-corrected chi connectivity index (χ2v) is 7.00. The topological polar surface area (TPSA) is 87.0 Å². The van der Waals surface area contributed by atoms with Crippen LogP contribution in [-0.2, 0) is 9.84 Å². The van der Waals surface area contributed by atoms with Gasteiger partial charge in [0.15, 0.2) is 9.84 Å². The van der Waals surface area contributed by atoms with Gasteiger partial charge in [0.25, 0.3) is 0 Å². The molecule has 0 fully saturated rings. The maximum Gasteiger partial charge on any atom is 0.161 e. The van der Waals surface area contributed by atoms with Crippen molar-refractivity contribution in [1.29, 1.82) is 0 Å². The number of oxime groups is 1. The fourth-order valence-corrected chi connectivity index (χ4v) is 2.92. The summed E-state index contributed by atoms with van der Waals surface area (Å²) < 4.78 is 24.4. The summed E-state index contributed by atoms with van der Waals surface area (Å²) in [7, 11) is -3.53. The molecular formula is C11H14BrNO4S. The van der Waals surface area contributed by atoms with E-state index in [1.165, 1.54) is 6.92 Å². The molecule has 5 nitrogen and oxygen atoms in total. The fourth-order valence-electron chi connectivity index (χ4n) is 1.50. The quantitative estimate of drug-likeness (QED) is 0.484. The minimum Gasteiger partial charge on any atom is -0.411 e. The van der Waals surface area contributed by atoms with Crippen molar-refractivity contribution in [2.45, 2.75) is 12.2 Å². The third-order valence-electron chi connectivity index (χ3n) is 2.55. The van der Waals surface area contributed by atoms with E-state index in [2.05, 4.69) is 21.1 Å². The number of hydrogen-bond donors (Lipinski definition) is 2. The summed E-state index contributed by atoms with van der Waals surface area (Å²) in [5.74, 6) is -0.131. The van der Waals surface area contributed by atoms with Crippen molar-refractivity contribution < 1.29 is 18.7 Å². The van der Waals surface area contributed by atoms with Gasteiger partial charge < -0.3 is 10.3 Å². The number of aliphatic hydroxyl groups is 1. The minimum atomic E-state index is -3.53. The largest absolute Gasteiger partial charge is 0.411 e. The number of nitrogens with zero attached hydrogens (tertiary/aromatic N) is 1. The van der Waals surface area contributed by atoms with Crippen molar-refractivity contribution in [2.75, 3.05) is 12.4 Å². The van der Waals surface area contributed by atoms with Crippen molar-refractivity contribution in [3.05, 3.63) is 34.3 Å². The highest BCUT2D eigenvalue weighted by Gasteiger charge is 2.29. The molecule has 0 amide bonds. The Kier molecular flexibility index (Phi) is 5.30. The molecule has 1 atom stereocenters. The molecule has 100 valence electrons. The van der Waals surface area contributed by atoms with Gasteiger partial charge in [-0.05, 0) is 12.1 Å². The van der Waals surface area contributed by atoms with Crippen LogP contribution in [0.15, 0.2) is 33.9 Å². The highest BCUT2D eigenvalue weighted by atomic mass is 79.9. The van der Waals surface area contributed by atoms with Gasteiger partial charge in [0.2, 0.25) is 0 Å². The number of halogens is 1. The molecule has 0 aromatic heterocycles. The molecule has 0 bridgehead atoms. The Morgan fingerprint density at radius 2 is 1.94 bits per heavy atom. The van der Waals surface area contributed by atoms with Gasteiger partial charge in [-0.2, -0.15) is 0 Å². The van der Waals surface area contributed by atoms with Crippen LogP contribution in [-0.4, -0.2) is 42.1 Å². The van der Waals surface area contributed by atoms with Crippen molar-refractivity contribution in [3.8, 4) is 0 Å². The molecule has 0 radical (unpaired) electrons. The zero-order chi connectivity index (χ0) is 13.8. The number of hydrogen-bond acceptors (Lipinski definition) is 5. The van der Waals surface area contributed by atoms with E-state index < -0.39 is 21.7 Å². The first kappa shape index (κ1) is 15.1. The lowest BCUT2D eigenvalue weighted by Crippen LogP contribution is -2.35. The molecule has 1 unspecified atom stereocenters. The van der Waals surface area contributed by atoms with Gasteiger partial charge in [0, 0.05) is 15.8 Å². The van der Waals surface area contributed by atoms with E-state index in [4.69, 9.17) is 5.21 Å². The Balaban J connectivity index is 3.21. The number of benzene rings is 1. The van der Waals surface area contributed by atoms with E-state index in [9.17, 15) is 13.5 Å². The van der Waals surface area contributed by atoms with E-state index in [0.717, 1.165) is 4.47 Å². The summed E-state index contributed by atoms with van der Waals surface area (Å²) in [6.07, 6.45) is 0. The predicted molar refractivity (Wildman–Crippen MR) is 72.8 cm³/mol. The molecule has 2 N–H and O–H groups in total. The van der Waals surface area contributed by atoms with Crippen molar-refractivity contribution in [2.24, 2.45) is 5.16 Å². The van der Waals surface area contributed by atoms with Crippen LogP contribution in [0, 0.1) is 0 Å². The number of aliphatic hydroxyl groups excluding tert-OH is 1. The second kappa shape index (κ2) is 6.31. The van der Waals surface area contributed by atoms with Crippen LogP contribution in [0.25, 0.3) is 0 Å². The normalized spacial score (nSPS) is 14.5. The Bertz CT molecular complexity index is 524. The van der Waals surface area contributed by atoms with Crippen LogP contribution >= 0.6 is 15.9 Å². The van der Waals surface area contributed by atoms with Crippen molar-refractivity contribution >= 4 is 31.5 Å². The lowest BCUT2D eigenvalue weighted by atomic mass is 10.1. The standard InChI is InChI=1S/C11H14BrNO4S/c1-2-18(16,17)10(7-14)11(13-15)8-3-5-9(12)6-4-8/h3-6,10,14-15H,2,7H2,1H3/b13-11+. The van der Waals surface area contributed by atoms with E-state index in [0.29, 0.717) is 5.56 Å². The van der Waals surface area contributed by atoms with E-state index in [-0.39, 0.29) is 11.5 Å². The molecule has 1 aromatic carbocycles. The van der Waals surface area contributed by atoms with Crippen molar-refractivity contribution in [1.82, 2.24) is 0 Å². The van der Waals surface area contributed by atoms with Crippen LogP contribution in [0.2, 0.25) is 0 Å². The zero-order valence-corrected chi connectivity index (χ0v) is 12.1. The molecule has 0 heterocycles. The first-order valence-corrected chi connectivity index (χ1v) is 7.77. The van der Waals surface area contributed by atoms with E-state index in [1.807, 2.05) is 0 Å². The predicted octanol–water partition coefficient (Wildman–Crippen LogP) is 1.42. The van der Waals surface area contributed by atoms with Crippen LogP contribution in [0.5, 0.6) is 0 Å². The van der Waals surface area contributed by atoms with E-state index in [1.54, 1.807) is 24.3 Å². The third-order valence-corrected chi connectivity index (χ3v) is 5.13. The molecular weight excluding hydrogens is 322 g/mol. The molecule has 0 saturated heterocycles. The molecule has 0 aliphatic carbocycles. The average Bonchev–Trinajstić information content (AvgIpc) is 2.36. The maximum absolute atomic E-state index is 11.8. The Hall–Kier alpha value is -0.920. The van der Waals surface area contributed by atoms with Gasteiger partial charge in [-0.1, -0.05) is 40.1 Å². The molecule has 0 saturated carbocycles. The second-order valence-electron chi connectivity index (χ2n) is 3.61. The Labute approximate surface area is 114 Å². The molecule has 0 spiro atoms. The lowest BCUT2D eigenvalue weighted by molar-refractivity contribution is 0.296. The van der Waals surface area contributed by atoms with Gasteiger partial charge in [-0.15, -0.1) is 0 Å². The van der Waals surface area contributed by atoms with Gasteiger partial charge in [-0.3, -0.25) is 0 Å². The summed E-state index contributed by atoms with van der Waals surface area (Å²) in [5, 5.41) is 20.1. The highest BCUT2D eigenvalue weighted by molar-refractivity contribution is 9.10.